The highest BCUT2D eigenvalue weighted by Crippen LogP contribution is 2.21. The predicted octanol–water partition coefficient (Wildman–Crippen LogP) is 2.49. The number of benzene rings is 1. The molecule has 21 heavy (non-hydrogen) atoms. The van der Waals surface area contributed by atoms with Crippen molar-refractivity contribution in [3.8, 4) is 17.6 Å². The van der Waals surface area contributed by atoms with E-state index in [4.69, 9.17) is 9.84 Å². The van der Waals surface area contributed by atoms with Crippen LogP contribution in [0.15, 0.2) is 29.6 Å². The Kier molecular flexibility index (Phi) is 4.93. The normalized spacial score (nSPS) is 9.67. The number of aliphatic hydroxyl groups is 1. The SMILES string of the molecule is COc1ccc(NC(=O)c2csc(C#CCO)c2)cc1F. The predicted molar refractivity (Wildman–Crippen MR) is 79.2 cm³/mol. The van der Waals surface area contributed by atoms with Gasteiger partial charge >= 0.3 is 0 Å². The van der Waals surface area contributed by atoms with Crippen LogP contribution < -0.4 is 10.1 Å². The topological polar surface area (TPSA) is 58.6 Å². The van der Waals surface area contributed by atoms with E-state index in [1.165, 1.54) is 30.6 Å². The van der Waals surface area contributed by atoms with E-state index in [0.717, 1.165) is 0 Å². The molecule has 6 heteroatoms. The molecule has 1 amide bonds. The van der Waals surface area contributed by atoms with Gasteiger partial charge in [-0.3, -0.25) is 4.79 Å². The van der Waals surface area contributed by atoms with Crippen LogP contribution in [0.2, 0.25) is 0 Å². The lowest BCUT2D eigenvalue weighted by Crippen LogP contribution is -2.11. The van der Waals surface area contributed by atoms with Gasteiger partial charge in [0.2, 0.25) is 0 Å². The highest BCUT2D eigenvalue weighted by molar-refractivity contribution is 7.10. The minimum atomic E-state index is -0.546. The van der Waals surface area contributed by atoms with Gasteiger partial charge in [0.25, 0.3) is 5.91 Å². The zero-order chi connectivity index (χ0) is 15.2. The molecule has 2 N–H and O–H groups in total. The fraction of sp³-hybridized carbons (Fsp3) is 0.133. The molecular formula is C15H12FNO3S. The molecule has 0 aliphatic rings. The molecule has 0 saturated heterocycles. The Bertz CT molecular complexity index is 715. The van der Waals surface area contributed by atoms with Gasteiger partial charge in [-0.2, -0.15) is 0 Å². The van der Waals surface area contributed by atoms with Gasteiger partial charge in [0, 0.05) is 17.1 Å². The van der Waals surface area contributed by atoms with E-state index in [0.29, 0.717) is 16.1 Å². The highest BCUT2D eigenvalue weighted by Gasteiger charge is 2.10. The molecule has 0 saturated carbocycles. The van der Waals surface area contributed by atoms with Crippen LogP contribution in [0.25, 0.3) is 0 Å². The van der Waals surface area contributed by atoms with Crippen molar-refractivity contribution in [1.82, 2.24) is 0 Å². The van der Waals surface area contributed by atoms with Gasteiger partial charge in [0.15, 0.2) is 11.6 Å². The van der Waals surface area contributed by atoms with E-state index < -0.39 is 5.82 Å². The third-order valence-corrected chi connectivity index (χ3v) is 3.41. The first-order valence-corrected chi connectivity index (χ1v) is 6.85. The summed E-state index contributed by atoms with van der Waals surface area (Å²) in [6.07, 6.45) is 0. The summed E-state index contributed by atoms with van der Waals surface area (Å²) in [6, 6.07) is 5.80. The van der Waals surface area contributed by atoms with Crippen LogP contribution in [0.5, 0.6) is 5.75 Å². The maximum absolute atomic E-state index is 13.5. The van der Waals surface area contributed by atoms with Gasteiger partial charge in [0.05, 0.1) is 17.6 Å². The maximum Gasteiger partial charge on any atom is 0.256 e. The van der Waals surface area contributed by atoms with Crippen molar-refractivity contribution in [3.05, 3.63) is 45.9 Å². The highest BCUT2D eigenvalue weighted by atomic mass is 32.1. The van der Waals surface area contributed by atoms with Crippen LogP contribution in [-0.4, -0.2) is 24.7 Å². The summed E-state index contributed by atoms with van der Waals surface area (Å²) in [6.45, 7) is -0.232. The van der Waals surface area contributed by atoms with E-state index in [9.17, 15) is 9.18 Å². The average molecular weight is 305 g/mol. The largest absolute Gasteiger partial charge is 0.494 e. The minimum absolute atomic E-state index is 0.116. The standard InChI is InChI=1S/C15H12FNO3S/c1-20-14-5-4-11(8-13(14)16)17-15(19)10-7-12(21-9-10)3-2-6-18/h4-5,7-9,18H,6H2,1H3,(H,17,19). The van der Waals surface area contributed by atoms with Crippen molar-refractivity contribution in [2.45, 2.75) is 0 Å². The van der Waals surface area contributed by atoms with Crippen LogP contribution in [0.4, 0.5) is 10.1 Å². The first kappa shape index (κ1) is 15.0. The monoisotopic (exact) mass is 305 g/mol. The first-order valence-electron chi connectivity index (χ1n) is 5.97. The van der Waals surface area contributed by atoms with Gasteiger partial charge in [-0.1, -0.05) is 11.8 Å². The van der Waals surface area contributed by atoms with Gasteiger partial charge in [0.1, 0.15) is 6.61 Å². The van der Waals surface area contributed by atoms with Crippen LogP contribution in [-0.2, 0) is 0 Å². The summed E-state index contributed by atoms with van der Waals surface area (Å²) in [7, 11) is 1.37. The summed E-state index contributed by atoms with van der Waals surface area (Å²) in [5.41, 5.74) is 0.769. The van der Waals surface area contributed by atoms with Crippen molar-refractivity contribution in [1.29, 1.82) is 0 Å². The lowest BCUT2D eigenvalue weighted by atomic mass is 10.2. The van der Waals surface area contributed by atoms with Crippen LogP contribution >= 0.6 is 11.3 Å². The summed E-state index contributed by atoms with van der Waals surface area (Å²) < 4.78 is 18.3. The van der Waals surface area contributed by atoms with Gasteiger partial charge in [-0.15, -0.1) is 11.3 Å². The number of amides is 1. The summed E-state index contributed by atoms with van der Waals surface area (Å²) >= 11 is 1.30. The molecule has 0 spiro atoms. The van der Waals surface area contributed by atoms with Crippen molar-refractivity contribution in [2.75, 3.05) is 19.0 Å². The zero-order valence-corrected chi connectivity index (χ0v) is 12.0. The number of carbonyl (C=O) groups is 1. The van der Waals surface area contributed by atoms with Crippen molar-refractivity contribution < 1.29 is 19.0 Å². The second-order valence-corrected chi connectivity index (χ2v) is 4.87. The second-order valence-electron chi connectivity index (χ2n) is 3.96. The average Bonchev–Trinajstić information content (AvgIpc) is 2.94. The second kappa shape index (κ2) is 6.88. The maximum atomic E-state index is 13.5. The smallest absolute Gasteiger partial charge is 0.256 e. The number of anilines is 1. The number of hydrogen-bond donors (Lipinski definition) is 2. The van der Waals surface area contributed by atoms with E-state index >= 15 is 0 Å². The molecule has 0 fully saturated rings. The molecule has 1 aromatic heterocycles. The molecule has 2 aromatic rings. The Balaban J connectivity index is 2.10. The number of rotatable bonds is 3. The van der Waals surface area contributed by atoms with Crippen molar-refractivity contribution >= 4 is 22.9 Å². The number of aliphatic hydroxyl groups excluding tert-OH is 1. The van der Waals surface area contributed by atoms with E-state index in [2.05, 4.69) is 17.2 Å². The molecule has 0 aliphatic carbocycles. The number of carbonyl (C=O) groups excluding carboxylic acids is 1. The molecule has 0 atom stereocenters. The Hall–Kier alpha value is -2.36. The molecule has 4 nitrogen and oxygen atoms in total. The van der Waals surface area contributed by atoms with Crippen LogP contribution in [0.1, 0.15) is 15.2 Å². The lowest BCUT2D eigenvalue weighted by Gasteiger charge is -2.06. The van der Waals surface area contributed by atoms with Crippen molar-refractivity contribution in [2.24, 2.45) is 0 Å². The van der Waals surface area contributed by atoms with Gasteiger partial charge < -0.3 is 15.2 Å². The Morgan fingerprint density at radius 1 is 1.48 bits per heavy atom. The van der Waals surface area contributed by atoms with Gasteiger partial charge in [-0.25, -0.2) is 4.39 Å². The number of nitrogens with one attached hydrogen (secondary N) is 1. The molecule has 1 heterocycles. The molecular weight excluding hydrogens is 293 g/mol. The minimum Gasteiger partial charge on any atom is -0.494 e. The molecule has 0 unspecified atom stereocenters. The third-order valence-electron chi connectivity index (χ3n) is 2.56. The molecule has 0 radical (unpaired) electrons. The lowest BCUT2D eigenvalue weighted by molar-refractivity contribution is 0.102. The molecule has 2 rings (SSSR count). The van der Waals surface area contributed by atoms with E-state index in [-0.39, 0.29) is 18.3 Å². The molecule has 108 valence electrons. The quantitative estimate of drug-likeness (QED) is 0.857. The Morgan fingerprint density at radius 3 is 2.95 bits per heavy atom. The summed E-state index contributed by atoms with van der Waals surface area (Å²) in [4.78, 5) is 12.7. The Labute approximate surface area is 125 Å². The molecule has 0 bridgehead atoms. The van der Waals surface area contributed by atoms with E-state index in [1.54, 1.807) is 17.5 Å². The van der Waals surface area contributed by atoms with Gasteiger partial charge in [-0.05, 0) is 18.2 Å². The number of methoxy groups -OCH3 is 1. The summed E-state index contributed by atoms with van der Waals surface area (Å²) in [5.74, 6) is 4.44. The zero-order valence-electron chi connectivity index (χ0n) is 11.1. The third kappa shape index (κ3) is 3.81. The number of hydrogen-bond acceptors (Lipinski definition) is 4. The Morgan fingerprint density at radius 2 is 2.29 bits per heavy atom. The molecule has 0 aliphatic heterocycles. The number of thiophene rings is 1. The summed E-state index contributed by atoms with van der Waals surface area (Å²) in [5, 5.41) is 12.9. The van der Waals surface area contributed by atoms with Crippen molar-refractivity contribution in [3.63, 3.8) is 0 Å². The van der Waals surface area contributed by atoms with Crippen LogP contribution in [0.3, 0.4) is 0 Å². The molecule has 1 aromatic carbocycles. The fourth-order valence-electron chi connectivity index (χ4n) is 1.59. The number of halogens is 1. The fourth-order valence-corrected chi connectivity index (χ4v) is 2.35. The van der Waals surface area contributed by atoms with E-state index in [1.807, 2.05) is 0 Å². The first-order chi connectivity index (χ1) is 10.1. The number of ether oxygens (including phenoxy) is 1. The van der Waals surface area contributed by atoms with Crippen LogP contribution in [0, 0.1) is 17.7 Å².